The molecular weight excluding hydrogens is 470 g/mol. The molecule has 0 unspecified atom stereocenters. The minimum absolute atomic E-state index is 0.0678. The lowest BCUT2D eigenvalue weighted by atomic mass is 9.97. The molecule has 34 heavy (non-hydrogen) atoms. The van der Waals surface area contributed by atoms with E-state index >= 15 is 0 Å². The maximum absolute atomic E-state index is 13.2. The number of anilines is 1. The maximum atomic E-state index is 13.2. The standard InChI is InChI=1S/C25H33N3O4S2/c1-18-7-8-22(15-19(18)2)26-24(29)20-9-13-28(14-10-20)34(31,32)23-16-21(17-33-23)25(30)27-11-5-3-4-6-12-27/h7-8,15-17,20H,3-6,9-14H2,1-2H3,(H,26,29). The van der Waals surface area contributed by atoms with Gasteiger partial charge in [-0.15, -0.1) is 11.3 Å². The lowest BCUT2D eigenvalue weighted by Gasteiger charge is -2.30. The van der Waals surface area contributed by atoms with Gasteiger partial charge in [-0.1, -0.05) is 18.9 Å². The summed E-state index contributed by atoms with van der Waals surface area (Å²) in [6, 6.07) is 7.34. The van der Waals surface area contributed by atoms with Crippen LogP contribution in [0.4, 0.5) is 5.69 Å². The fourth-order valence-corrected chi connectivity index (χ4v) is 7.35. The van der Waals surface area contributed by atoms with Crippen LogP contribution in [0.15, 0.2) is 33.9 Å². The first kappa shape index (κ1) is 24.9. The summed E-state index contributed by atoms with van der Waals surface area (Å²) in [6.45, 7) is 6.08. The summed E-state index contributed by atoms with van der Waals surface area (Å²) in [4.78, 5) is 27.4. The van der Waals surface area contributed by atoms with Crippen molar-refractivity contribution in [3.8, 4) is 0 Å². The largest absolute Gasteiger partial charge is 0.339 e. The number of amides is 2. The van der Waals surface area contributed by atoms with Gasteiger partial charge in [0, 0.05) is 43.2 Å². The predicted molar refractivity (Wildman–Crippen MR) is 135 cm³/mol. The molecule has 2 aliphatic heterocycles. The molecule has 184 valence electrons. The van der Waals surface area contributed by atoms with Gasteiger partial charge in [-0.25, -0.2) is 8.42 Å². The summed E-state index contributed by atoms with van der Waals surface area (Å²) in [7, 11) is -3.68. The molecular formula is C25H33N3O4S2. The number of likely N-dealkylation sites (tertiary alicyclic amines) is 1. The summed E-state index contributed by atoms with van der Waals surface area (Å²) in [5.41, 5.74) is 3.50. The first-order valence-electron chi connectivity index (χ1n) is 12.0. The molecule has 0 saturated carbocycles. The Morgan fingerprint density at radius 1 is 0.941 bits per heavy atom. The second-order valence-electron chi connectivity index (χ2n) is 9.33. The third kappa shape index (κ3) is 5.53. The van der Waals surface area contributed by atoms with E-state index in [0.29, 0.717) is 31.5 Å². The number of hydrogen-bond acceptors (Lipinski definition) is 5. The SMILES string of the molecule is Cc1ccc(NC(=O)C2CCN(S(=O)(=O)c3cc(C(=O)N4CCCCCC4)cs3)CC2)cc1C. The molecule has 0 aliphatic carbocycles. The monoisotopic (exact) mass is 503 g/mol. The van der Waals surface area contributed by atoms with Gasteiger partial charge in [0.25, 0.3) is 15.9 Å². The lowest BCUT2D eigenvalue weighted by molar-refractivity contribution is -0.120. The fourth-order valence-electron chi connectivity index (χ4n) is 4.57. The fraction of sp³-hybridized carbons (Fsp3) is 0.520. The molecule has 0 spiro atoms. The number of aryl methyl sites for hydroxylation is 2. The van der Waals surface area contributed by atoms with Gasteiger partial charge in [0.2, 0.25) is 5.91 Å². The zero-order valence-corrected chi connectivity index (χ0v) is 21.5. The maximum Gasteiger partial charge on any atom is 0.254 e. The van der Waals surface area contributed by atoms with E-state index in [4.69, 9.17) is 0 Å². The number of nitrogens with zero attached hydrogens (tertiary/aromatic N) is 2. The van der Waals surface area contributed by atoms with Gasteiger partial charge in [-0.05, 0) is 68.9 Å². The van der Waals surface area contributed by atoms with Crippen molar-refractivity contribution in [3.63, 3.8) is 0 Å². The summed E-state index contributed by atoms with van der Waals surface area (Å²) in [6.07, 6.45) is 5.19. The van der Waals surface area contributed by atoms with Gasteiger partial charge >= 0.3 is 0 Å². The highest BCUT2D eigenvalue weighted by Crippen LogP contribution is 2.29. The van der Waals surface area contributed by atoms with Gasteiger partial charge < -0.3 is 10.2 Å². The number of sulfonamides is 1. The molecule has 2 saturated heterocycles. The number of hydrogen-bond donors (Lipinski definition) is 1. The Labute approximate surface area is 206 Å². The van der Waals surface area contributed by atoms with Crippen LogP contribution in [-0.2, 0) is 14.8 Å². The third-order valence-corrected chi connectivity index (χ3v) is 10.2. The number of carbonyl (C=O) groups excluding carboxylic acids is 2. The van der Waals surface area contributed by atoms with E-state index in [0.717, 1.165) is 61.4 Å². The number of rotatable bonds is 5. The summed E-state index contributed by atoms with van der Waals surface area (Å²) < 4.78 is 28.0. The minimum atomic E-state index is -3.68. The molecule has 0 bridgehead atoms. The average Bonchev–Trinajstić information content (AvgIpc) is 3.18. The zero-order chi connectivity index (χ0) is 24.3. The normalized spacial score (nSPS) is 18.5. The Balaban J connectivity index is 1.36. The van der Waals surface area contributed by atoms with Gasteiger partial charge in [0.05, 0.1) is 5.56 Å². The van der Waals surface area contributed by atoms with Crippen molar-refractivity contribution >= 4 is 38.9 Å². The molecule has 4 rings (SSSR count). The molecule has 0 radical (unpaired) electrons. The first-order valence-corrected chi connectivity index (χ1v) is 14.3. The second kappa shape index (κ2) is 10.6. The van der Waals surface area contributed by atoms with Crippen LogP contribution in [0.5, 0.6) is 0 Å². The number of nitrogens with one attached hydrogen (secondary N) is 1. The molecule has 1 N–H and O–H groups in total. The van der Waals surface area contributed by atoms with E-state index in [-0.39, 0.29) is 21.9 Å². The number of carbonyl (C=O) groups is 2. The predicted octanol–water partition coefficient (Wildman–Crippen LogP) is 4.42. The number of benzene rings is 1. The van der Waals surface area contributed by atoms with Crippen molar-refractivity contribution in [3.05, 3.63) is 46.3 Å². The van der Waals surface area contributed by atoms with Crippen molar-refractivity contribution in [2.45, 2.75) is 56.6 Å². The summed E-state index contributed by atoms with van der Waals surface area (Å²) in [5, 5.41) is 4.63. The summed E-state index contributed by atoms with van der Waals surface area (Å²) >= 11 is 1.10. The molecule has 1 aromatic carbocycles. The van der Waals surface area contributed by atoms with Crippen LogP contribution in [0.1, 0.15) is 60.0 Å². The van der Waals surface area contributed by atoms with E-state index in [1.807, 2.05) is 36.9 Å². The topological polar surface area (TPSA) is 86.8 Å². The molecule has 9 heteroatoms. The van der Waals surface area contributed by atoms with Crippen molar-refractivity contribution in [2.24, 2.45) is 5.92 Å². The van der Waals surface area contributed by atoms with Crippen LogP contribution in [0.25, 0.3) is 0 Å². The highest BCUT2D eigenvalue weighted by Gasteiger charge is 2.33. The van der Waals surface area contributed by atoms with Gasteiger partial charge in [-0.2, -0.15) is 4.31 Å². The van der Waals surface area contributed by atoms with Crippen LogP contribution in [-0.4, -0.2) is 55.6 Å². The van der Waals surface area contributed by atoms with E-state index in [1.165, 1.54) is 15.9 Å². The van der Waals surface area contributed by atoms with Crippen LogP contribution >= 0.6 is 11.3 Å². The quantitative estimate of drug-likeness (QED) is 0.654. The molecule has 2 amide bonds. The third-order valence-electron chi connectivity index (χ3n) is 6.91. The number of thiophene rings is 1. The van der Waals surface area contributed by atoms with Crippen molar-refractivity contribution in [2.75, 3.05) is 31.5 Å². The Morgan fingerprint density at radius 2 is 1.62 bits per heavy atom. The van der Waals surface area contributed by atoms with Crippen LogP contribution in [0, 0.1) is 19.8 Å². The first-order chi connectivity index (χ1) is 16.3. The van der Waals surface area contributed by atoms with Gasteiger partial charge in [0.15, 0.2) is 0 Å². The van der Waals surface area contributed by atoms with E-state index in [2.05, 4.69) is 5.32 Å². The van der Waals surface area contributed by atoms with Crippen LogP contribution < -0.4 is 5.32 Å². The van der Waals surface area contributed by atoms with E-state index in [9.17, 15) is 18.0 Å². The highest BCUT2D eigenvalue weighted by molar-refractivity contribution is 7.91. The van der Waals surface area contributed by atoms with Crippen LogP contribution in [0.2, 0.25) is 0 Å². The second-order valence-corrected chi connectivity index (χ2v) is 12.4. The molecule has 3 heterocycles. The molecule has 2 fully saturated rings. The Morgan fingerprint density at radius 3 is 2.26 bits per heavy atom. The van der Waals surface area contributed by atoms with Crippen molar-refractivity contribution in [1.29, 1.82) is 0 Å². The Kier molecular flexibility index (Phi) is 7.74. The molecule has 2 aromatic rings. The number of piperidine rings is 1. The van der Waals surface area contributed by atoms with E-state index in [1.54, 1.807) is 5.38 Å². The van der Waals surface area contributed by atoms with Crippen LogP contribution in [0.3, 0.4) is 0 Å². The Bertz CT molecular complexity index is 1140. The Hall–Kier alpha value is -2.23. The van der Waals surface area contributed by atoms with E-state index < -0.39 is 10.0 Å². The summed E-state index contributed by atoms with van der Waals surface area (Å²) in [5.74, 6) is -0.375. The molecule has 7 nitrogen and oxygen atoms in total. The lowest BCUT2D eigenvalue weighted by Crippen LogP contribution is -2.41. The highest BCUT2D eigenvalue weighted by atomic mass is 32.2. The molecule has 1 aromatic heterocycles. The van der Waals surface area contributed by atoms with Crippen molar-refractivity contribution in [1.82, 2.24) is 9.21 Å². The smallest absolute Gasteiger partial charge is 0.254 e. The van der Waals surface area contributed by atoms with Crippen molar-refractivity contribution < 1.29 is 18.0 Å². The molecule has 2 aliphatic rings. The van der Waals surface area contributed by atoms with Gasteiger partial charge in [-0.3, -0.25) is 9.59 Å². The van der Waals surface area contributed by atoms with Gasteiger partial charge in [0.1, 0.15) is 4.21 Å². The molecule has 0 atom stereocenters. The minimum Gasteiger partial charge on any atom is -0.339 e. The zero-order valence-electron chi connectivity index (χ0n) is 19.9. The average molecular weight is 504 g/mol.